The second-order valence-electron chi connectivity index (χ2n) is 2.43. The summed E-state index contributed by atoms with van der Waals surface area (Å²) in [5, 5.41) is 2.96. The van der Waals surface area contributed by atoms with Crippen molar-refractivity contribution in [1.29, 1.82) is 0 Å². The quantitative estimate of drug-likeness (QED) is 0.514. The van der Waals surface area contributed by atoms with Crippen LogP contribution >= 0.6 is 8.25 Å². The Bertz CT molecular complexity index is 134. The maximum Gasteiger partial charge on any atom is 0.706 e. The van der Waals surface area contributed by atoms with Crippen LogP contribution < -0.4 is 5.32 Å². The van der Waals surface area contributed by atoms with Crippen molar-refractivity contribution in [2.75, 3.05) is 6.54 Å². The van der Waals surface area contributed by atoms with Gasteiger partial charge >= 0.3 is 14.7 Å². The third kappa shape index (κ3) is 3.25. The molecule has 5 heteroatoms. The van der Waals surface area contributed by atoms with Gasteiger partial charge in [0, 0.05) is 11.1 Å². The molecule has 0 spiro atoms. The Morgan fingerprint density at radius 1 is 1.45 bits per heavy atom. The minimum Gasteiger partial charge on any atom is -0.261 e. The fourth-order valence-electron chi connectivity index (χ4n) is 0.834. The van der Waals surface area contributed by atoms with Gasteiger partial charge in [-0.15, -0.1) is 0 Å². The average molecular weight is 178 g/mol. The Morgan fingerprint density at radius 3 is 2.73 bits per heavy atom. The van der Waals surface area contributed by atoms with E-state index in [1.54, 1.807) is 0 Å². The van der Waals surface area contributed by atoms with Crippen LogP contribution in [0.15, 0.2) is 0 Å². The molecule has 0 aromatic heterocycles. The molecule has 11 heavy (non-hydrogen) atoms. The highest BCUT2D eigenvalue weighted by Gasteiger charge is 2.45. The van der Waals surface area contributed by atoms with Gasteiger partial charge in [-0.3, -0.25) is 5.32 Å². The van der Waals surface area contributed by atoms with Gasteiger partial charge in [0.15, 0.2) is 0 Å². The van der Waals surface area contributed by atoms with Crippen LogP contribution in [0.2, 0.25) is 0 Å². The number of rotatable bonds is 5. The van der Waals surface area contributed by atoms with Crippen molar-refractivity contribution in [3.05, 3.63) is 0 Å². The Labute approximate surface area is 67.2 Å². The molecular weight excluding hydrogens is 165 g/mol. The van der Waals surface area contributed by atoms with Crippen LogP contribution in [0.1, 0.15) is 26.2 Å². The number of hydrogen-bond donors (Lipinski definition) is 1. The normalized spacial score (nSPS) is 26.6. The first-order chi connectivity index (χ1) is 5.33. The second kappa shape index (κ2) is 4.78. The van der Waals surface area contributed by atoms with Crippen LogP contribution in [-0.2, 0) is 13.6 Å². The molecule has 1 saturated heterocycles. The Kier molecular flexibility index (Phi) is 3.94. The molecule has 0 bridgehead atoms. The summed E-state index contributed by atoms with van der Waals surface area (Å²) in [7, 11) is -1.79. The highest BCUT2D eigenvalue weighted by Crippen LogP contribution is 2.37. The largest absolute Gasteiger partial charge is 0.706 e. The van der Waals surface area contributed by atoms with Crippen LogP contribution in [0.25, 0.3) is 0 Å². The first kappa shape index (κ1) is 9.07. The van der Waals surface area contributed by atoms with Crippen LogP contribution in [-0.4, -0.2) is 13.0 Å². The first-order valence-electron chi connectivity index (χ1n) is 3.87. The summed E-state index contributed by atoms with van der Waals surface area (Å²) >= 11 is 0. The molecule has 0 radical (unpaired) electrons. The van der Waals surface area contributed by atoms with E-state index in [9.17, 15) is 4.57 Å². The van der Waals surface area contributed by atoms with Gasteiger partial charge in [0.2, 0.25) is 0 Å². The van der Waals surface area contributed by atoms with Crippen molar-refractivity contribution in [2.45, 2.75) is 32.6 Å². The molecule has 1 heterocycles. The monoisotopic (exact) mass is 178 g/mol. The molecule has 0 aliphatic carbocycles. The zero-order chi connectivity index (χ0) is 8.10. The van der Waals surface area contributed by atoms with E-state index in [0.29, 0.717) is 0 Å². The zero-order valence-corrected chi connectivity index (χ0v) is 7.47. The van der Waals surface area contributed by atoms with Gasteiger partial charge in [0.05, 0.1) is 0 Å². The third-order valence-electron chi connectivity index (χ3n) is 1.45. The van der Waals surface area contributed by atoms with E-state index in [0.717, 1.165) is 13.0 Å². The highest BCUT2D eigenvalue weighted by molar-refractivity contribution is 7.34. The zero-order valence-electron chi connectivity index (χ0n) is 6.58. The molecular formula is C6H13NO3P+. The summed E-state index contributed by atoms with van der Waals surface area (Å²) < 4.78 is 19.7. The molecule has 0 saturated carbocycles. The molecule has 1 fully saturated rings. The maximum absolute atomic E-state index is 10.3. The van der Waals surface area contributed by atoms with Gasteiger partial charge in [-0.1, -0.05) is 28.8 Å². The molecule has 64 valence electrons. The highest BCUT2D eigenvalue weighted by atomic mass is 31.1. The van der Waals surface area contributed by atoms with Gasteiger partial charge in [0.25, 0.3) is 0 Å². The summed E-state index contributed by atoms with van der Waals surface area (Å²) in [5.74, 6) is 0. The van der Waals surface area contributed by atoms with Crippen LogP contribution in [0.4, 0.5) is 0 Å². The predicted octanol–water partition coefficient (Wildman–Crippen LogP) is 1.75. The number of nitrogens with one attached hydrogen (secondary N) is 1. The molecule has 4 nitrogen and oxygen atoms in total. The SMILES string of the molecule is CCCCCNC1O[P+](=O)O1. The van der Waals surface area contributed by atoms with E-state index >= 15 is 0 Å². The van der Waals surface area contributed by atoms with Gasteiger partial charge in [0.1, 0.15) is 0 Å². The summed E-state index contributed by atoms with van der Waals surface area (Å²) in [6.07, 6.45) is 3.08. The molecule has 1 aliphatic rings. The van der Waals surface area contributed by atoms with Crippen molar-refractivity contribution in [1.82, 2.24) is 5.32 Å². The van der Waals surface area contributed by atoms with Crippen molar-refractivity contribution >= 4 is 8.25 Å². The van der Waals surface area contributed by atoms with Crippen LogP contribution in [0.5, 0.6) is 0 Å². The lowest BCUT2D eigenvalue weighted by atomic mass is 10.2. The predicted molar refractivity (Wildman–Crippen MR) is 41.1 cm³/mol. The van der Waals surface area contributed by atoms with Gasteiger partial charge in [-0.2, -0.15) is 0 Å². The van der Waals surface area contributed by atoms with Crippen molar-refractivity contribution in [3.8, 4) is 0 Å². The second-order valence-corrected chi connectivity index (χ2v) is 3.30. The summed E-state index contributed by atoms with van der Waals surface area (Å²) in [6.45, 7) is 3.01. The summed E-state index contributed by atoms with van der Waals surface area (Å²) in [4.78, 5) is 0. The minimum absolute atomic E-state index is 0.421. The summed E-state index contributed by atoms with van der Waals surface area (Å²) in [5.41, 5.74) is 0. The van der Waals surface area contributed by atoms with Gasteiger partial charge < -0.3 is 0 Å². The van der Waals surface area contributed by atoms with E-state index in [1.165, 1.54) is 12.8 Å². The molecule has 1 aliphatic heterocycles. The Morgan fingerprint density at radius 2 is 2.18 bits per heavy atom. The van der Waals surface area contributed by atoms with Crippen LogP contribution in [0.3, 0.4) is 0 Å². The molecule has 1 N–H and O–H groups in total. The third-order valence-corrected chi connectivity index (χ3v) is 2.18. The fraction of sp³-hybridized carbons (Fsp3) is 1.00. The van der Waals surface area contributed by atoms with E-state index in [1.807, 2.05) is 0 Å². The molecule has 0 atom stereocenters. The molecule has 0 unspecified atom stereocenters. The van der Waals surface area contributed by atoms with E-state index < -0.39 is 14.7 Å². The molecule has 0 aromatic carbocycles. The summed E-state index contributed by atoms with van der Waals surface area (Å²) in [6, 6.07) is 0. The molecule has 0 amide bonds. The first-order valence-corrected chi connectivity index (χ1v) is 4.96. The Hall–Kier alpha value is -0.0200. The van der Waals surface area contributed by atoms with Crippen molar-refractivity contribution in [3.63, 3.8) is 0 Å². The molecule has 0 aromatic rings. The number of hydrogen-bond acceptors (Lipinski definition) is 4. The number of unbranched alkanes of at least 4 members (excludes halogenated alkanes) is 2. The molecule has 1 rings (SSSR count). The minimum atomic E-state index is -1.79. The smallest absolute Gasteiger partial charge is 0.261 e. The van der Waals surface area contributed by atoms with E-state index in [4.69, 9.17) is 9.05 Å². The van der Waals surface area contributed by atoms with Gasteiger partial charge in [-0.25, -0.2) is 0 Å². The fourth-order valence-corrected chi connectivity index (χ4v) is 1.31. The lowest BCUT2D eigenvalue weighted by Gasteiger charge is -2.12. The lowest BCUT2D eigenvalue weighted by molar-refractivity contribution is -0.0991. The van der Waals surface area contributed by atoms with Crippen molar-refractivity contribution < 1.29 is 13.6 Å². The van der Waals surface area contributed by atoms with Crippen molar-refractivity contribution in [2.24, 2.45) is 0 Å². The maximum atomic E-state index is 10.3. The topological polar surface area (TPSA) is 47.6 Å². The lowest BCUT2D eigenvalue weighted by Crippen LogP contribution is -2.37. The average Bonchev–Trinajstić information content (AvgIpc) is 1.94. The van der Waals surface area contributed by atoms with E-state index in [2.05, 4.69) is 12.2 Å². The van der Waals surface area contributed by atoms with Crippen LogP contribution in [0, 0.1) is 0 Å². The standard InChI is InChI=1S/C6H13NO3P/c1-2-3-4-5-7-6-9-11(8)10-6/h6-7H,2-5H2,1H3/q+1. The van der Waals surface area contributed by atoms with E-state index in [-0.39, 0.29) is 0 Å². The van der Waals surface area contributed by atoms with Gasteiger partial charge in [-0.05, 0) is 6.42 Å². The Balaban J connectivity index is 1.85.